The van der Waals surface area contributed by atoms with Gasteiger partial charge in [-0.05, 0) is 6.42 Å². The Balaban J connectivity index is 2.13. The molecule has 0 radical (unpaired) electrons. The summed E-state index contributed by atoms with van der Waals surface area (Å²) in [5.74, 6) is 0. The molecule has 1 saturated heterocycles. The van der Waals surface area contributed by atoms with Crippen molar-refractivity contribution in [2.45, 2.75) is 19.4 Å². The van der Waals surface area contributed by atoms with Gasteiger partial charge in [-0.2, -0.15) is 0 Å². The normalized spacial score (nSPS) is 30.4. The average molecular weight is 114 g/mol. The molecule has 2 heteroatoms. The zero-order valence-corrected chi connectivity index (χ0v) is 5.41. The third-order valence-electron chi connectivity index (χ3n) is 1.62. The van der Waals surface area contributed by atoms with Crippen molar-refractivity contribution < 1.29 is 0 Å². The van der Waals surface area contributed by atoms with Gasteiger partial charge >= 0.3 is 0 Å². The molecule has 48 valence electrons. The second-order valence-electron chi connectivity index (χ2n) is 2.26. The predicted molar refractivity (Wildman–Crippen MR) is 35.0 cm³/mol. The molecule has 0 aliphatic carbocycles. The van der Waals surface area contributed by atoms with Gasteiger partial charge in [0.15, 0.2) is 0 Å². The molecular formula is C6H14N2. The standard InChI is InChI=1S/C6H14N2/c1-2-6-5-7-3-4-8-6/h6-8H,2-5H2,1H3/t6-/m0/s1. The molecule has 0 spiro atoms. The molecular weight excluding hydrogens is 100 g/mol. The highest BCUT2D eigenvalue weighted by Crippen LogP contribution is 1.90. The van der Waals surface area contributed by atoms with Crippen LogP contribution in [0.15, 0.2) is 0 Å². The Morgan fingerprint density at radius 2 is 2.38 bits per heavy atom. The van der Waals surface area contributed by atoms with E-state index >= 15 is 0 Å². The summed E-state index contributed by atoms with van der Waals surface area (Å²) < 4.78 is 0. The third kappa shape index (κ3) is 1.46. The highest BCUT2D eigenvalue weighted by atomic mass is 15.0. The first-order valence-corrected chi connectivity index (χ1v) is 3.37. The first-order valence-electron chi connectivity index (χ1n) is 3.37. The van der Waals surface area contributed by atoms with E-state index in [2.05, 4.69) is 17.6 Å². The lowest BCUT2D eigenvalue weighted by Crippen LogP contribution is -2.47. The lowest BCUT2D eigenvalue weighted by molar-refractivity contribution is 0.410. The van der Waals surface area contributed by atoms with E-state index in [1.165, 1.54) is 6.42 Å². The predicted octanol–water partition coefficient (Wildman–Crippen LogP) is -0.0422. The van der Waals surface area contributed by atoms with Gasteiger partial charge in [0, 0.05) is 25.7 Å². The number of piperazine rings is 1. The van der Waals surface area contributed by atoms with Crippen LogP contribution in [0.25, 0.3) is 0 Å². The Bertz CT molecular complexity index is 57.5. The van der Waals surface area contributed by atoms with Crippen LogP contribution in [-0.2, 0) is 0 Å². The van der Waals surface area contributed by atoms with Gasteiger partial charge in [-0.3, -0.25) is 0 Å². The van der Waals surface area contributed by atoms with Crippen LogP contribution >= 0.6 is 0 Å². The molecule has 0 unspecified atom stereocenters. The minimum absolute atomic E-state index is 0.726. The van der Waals surface area contributed by atoms with Crippen LogP contribution in [0, 0.1) is 0 Å². The number of rotatable bonds is 1. The Morgan fingerprint density at radius 3 is 2.75 bits per heavy atom. The van der Waals surface area contributed by atoms with E-state index in [1.54, 1.807) is 0 Å². The van der Waals surface area contributed by atoms with Crippen molar-refractivity contribution in [3.05, 3.63) is 0 Å². The summed E-state index contributed by atoms with van der Waals surface area (Å²) in [5, 5.41) is 6.73. The molecule has 0 aromatic carbocycles. The van der Waals surface area contributed by atoms with Crippen molar-refractivity contribution in [2.24, 2.45) is 0 Å². The Kier molecular flexibility index (Phi) is 2.30. The van der Waals surface area contributed by atoms with Gasteiger partial charge in [-0.15, -0.1) is 0 Å². The maximum atomic E-state index is 3.41. The molecule has 0 saturated carbocycles. The second kappa shape index (κ2) is 3.05. The van der Waals surface area contributed by atoms with Crippen LogP contribution in [0.1, 0.15) is 13.3 Å². The fraction of sp³-hybridized carbons (Fsp3) is 1.00. The number of hydrogen-bond donors (Lipinski definition) is 2. The second-order valence-corrected chi connectivity index (χ2v) is 2.26. The maximum Gasteiger partial charge on any atom is 0.0190 e. The first-order chi connectivity index (χ1) is 3.93. The van der Waals surface area contributed by atoms with Crippen molar-refractivity contribution in [3.63, 3.8) is 0 Å². The summed E-state index contributed by atoms with van der Waals surface area (Å²) in [6, 6.07) is 0.726. The summed E-state index contributed by atoms with van der Waals surface area (Å²) in [6.07, 6.45) is 1.24. The monoisotopic (exact) mass is 114 g/mol. The minimum Gasteiger partial charge on any atom is -0.314 e. The topological polar surface area (TPSA) is 24.1 Å². The fourth-order valence-corrected chi connectivity index (χ4v) is 1.00. The van der Waals surface area contributed by atoms with E-state index in [9.17, 15) is 0 Å². The van der Waals surface area contributed by atoms with Crippen LogP contribution in [0.2, 0.25) is 0 Å². The van der Waals surface area contributed by atoms with E-state index < -0.39 is 0 Å². The van der Waals surface area contributed by atoms with Gasteiger partial charge in [0.2, 0.25) is 0 Å². The van der Waals surface area contributed by atoms with Crippen LogP contribution < -0.4 is 10.6 Å². The Morgan fingerprint density at radius 1 is 1.50 bits per heavy atom. The molecule has 1 fully saturated rings. The van der Waals surface area contributed by atoms with Crippen molar-refractivity contribution >= 4 is 0 Å². The van der Waals surface area contributed by atoms with E-state index in [0.29, 0.717) is 0 Å². The molecule has 0 aromatic heterocycles. The van der Waals surface area contributed by atoms with Crippen molar-refractivity contribution in [1.29, 1.82) is 0 Å². The van der Waals surface area contributed by atoms with Crippen molar-refractivity contribution in [2.75, 3.05) is 19.6 Å². The van der Waals surface area contributed by atoms with E-state index in [4.69, 9.17) is 0 Å². The number of nitrogens with one attached hydrogen (secondary N) is 2. The molecule has 1 atom stereocenters. The Labute approximate surface area is 50.7 Å². The first kappa shape index (κ1) is 6.05. The number of hydrogen-bond acceptors (Lipinski definition) is 2. The van der Waals surface area contributed by atoms with E-state index in [-0.39, 0.29) is 0 Å². The zero-order valence-electron chi connectivity index (χ0n) is 5.41. The summed E-state index contributed by atoms with van der Waals surface area (Å²) in [7, 11) is 0. The van der Waals surface area contributed by atoms with Gasteiger partial charge in [0.1, 0.15) is 0 Å². The zero-order chi connectivity index (χ0) is 5.82. The molecule has 0 amide bonds. The molecule has 1 heterocycles. The summed E-state index contributed by atoms with van der Waals surface area (Å²) in [4.78, 5) is 0. The van der Waals surface area contributed by atoms with E-state index in [1.807, 2.05) is 0 Å². The molecule has 1 aliphatic rings. The van der Waals surface area contributed by atoms with Gasteiger partial charge in [-0.25, -0.2) is 0 Å². The molecule has 1 rings (SSSR count). The summed E-state index contributed by atoms with van der Waals surface area (Å²) >= 11 is 0. The molecule has 1 aliphatic heterocycles. The molecule has 2 N–H and O–H groups in total. The maximum absolute atomic E-state index is 3.41. The largest absolute Gasteiger partial charge is 0.314 e. The highest BCUT2D eigenvalue weighted by Gasteiger charge is 2.07. The summed E-state index contributed by atoms with van der Waals surface area (Å²) in [6.45, 7) is 5.64. The molecule has 2 nitrogen and oxygen atoms in total. The van der Waals surface area contributed by atoms with Crippen molar-refractivity contribution in [3.8, 4) is 0 Å². The highest BCUT2D eigenvalue weighted by molar-refractivity contribution is 4.72. The van der Waals surface area contributed by atoms with Crippen LogP contribution in [0.3, 0.4) is 0 Å². The molecule has 0 aromatic rings. The smallest absolute Gasteiger partial charge is 0.0190 e. The fourth-order valence-electron chi connectivity index (χ4n) is 1.00. The molecule has 8 heavy (non-hydrogen) atoms. The van der Waals surface area contributed by atoms with E-state index in [0.717, 1.165) is 25.7 Å². The quantitative estimate of drug-likeness (QED) is 0.500. The lowest BCUT2D eigenvalue weighted by Gasteiger charge is -2.22. The SMILES string of the molecule is CC[C@H]1CNCCN1. The van der Waals surface area contributed by atoms with Crippen LogP contribution in [-0.4, -0.2) is 25.7 Å². The van der Waals surface area contributed by atoms with Crippen LogP contribution in [0.4, 0.5) is 0 Å². The third-order valence-corrected chi connectivity index (χ3v) is 1.62. The molecule has 0 bridgehead atoms. The van der Waals surface area contributed by atoms with Crippen LogP contribution in [0.5, 0.6) is 0 Å². The van der Waals surface area contributed by atoms with Crippen molar-refractivity contribution in [1.82, 2.24) is 10.6 Å². The van der Waals surface area contributed by atoms with Gasteiger partial charge in [-0.1, -0.05) is 6.92 Å². The lowest BCUT2D eigenvalue weighted by atomic mass is 10.2. The minimum atomic E-state index is 0.726. The average Bonchev–Trinajstić information content (AvgIpc) is 1.90. The van der Waals surface area contributed by atoms with Gasteiger partial charge < -0.3 is 10.6 Å². The van der Waals surface area contributed by atoms with Gasteiger partial charge in [0.25, 0.3) is 0 Å². The summed E-state index contributed by atoms with van der Waals surface area (Å²) in [5.41, 5.74) is 0. The van der Waals surface area contributed by atoms with Gasteiger partial charge in [0.05, 0.1) is 0 Å². The Hall–Kier alpha value is -0.0800.